The van der Waals surface area contributed by atoms with Crippen LogP contribution < -0.4 is 0 Å². The van der Waals surface area contributed by atoms with Gasteiger partial charge in [0.05, 0.1) is 0 Å². The molecule has 0 atom stereocenters. The molecule has 0 saturated carbocycles. The average Bonchev–Trinajstić information content (AvgIpc) is 2.60. The molecular formula is C21H18O3. The first kappa shape index (κ1) is 14.6. The Balaban J connectivity index is 1.95. The molecule has 0 radical (unpaired) electrons. The van der Waals surface area contributed by atoms with E-state index >= 15 is 0 Å². The summed E-state index contributed by atoms with van der Waals surface area (Å²) in [6.45, 7) is 0. The van der Waals surface area contributed by atoms with Gasteiger partial charge in [0.2, 0.25) is 0 Å². The molecule has 0 bridgehead atoms. The van der Waals surface area contributed by atoms with Gasteiger partial charge in [0.1, 0.15) is 17.2 Å². The lowest BCUT2D eigenvalue weighted by molar-refractivity contribution is 0.473. The van der Waals surface area contributed by atoms with E-state index in [2.05, 4.69) is 0 Å². The van der Waals surface area contributed by atoms with Crippen molar-refractivity contribution in [1.82, 2.24) is 0 Å². The molecule has 0 spiro atoms. The number of hydrogen-bond acceptors (Lipinski definition) is 3. The lowest BCUT2D eigenvalue weighted by Gasteiger charge is -2.11. The molecule has 3 N–H and O–H groups in total. The van der Waals surface area contributed by atoms with Gasteiger partial charge in [-0.1, -0.05) is 18.2 Å². The maximum absolute atomic E-state index is 9.87. The largest absolute Gasteiger partial charge is 0.508 e. The number of phenols is 3. The molecule has 120 valence electrons. The lowest BCUT2D eigenvalue weighted by Crippen LogP contribution is -1.97. The molecule has 0 amide bonds. The number of aromatic hydroxyl groups is 3. The Bertz CT molecular complexity index is 806. The molecule has 1 aliphatic rings. The van der Waals surface area contributed by atoms with E-state index < -0.39 is 0 Å². The third-order valence-electron chi connectivity index (χ3n) is 4.71. The van der Waals surface area contributed by atoms with Crippen LogP contribution in [-0.2, 0) is 19.3 Å². The molecular weight excluding hydrogens is 300 g/mol. The summed E-state index contributed by atoms with van der Waals surface area (Å²) in [5.74, 6) is 0.762. The van der Waals surface area contributed by atoms with Crippen LogP contribution in [0.25, 0.3) is 0 Å². The summed E-state index contributed by atoms with van der Waals surface area (Å²) in [5, 5.41) is 29.6. The maximum atomic E-state index is 9.87. The van der Waals surface area contributed by atoms with E-state index in [4.69, 9.17) is 0 Å². The van der Waals surface area contributed by atoms with Gasteiger partial charge in [-0.3, -0.25) is 0 Å². The molecule has 3 aromatic carbocycles. The summed E-state index contributed by atoms with van der Waals surface area (Å²) in [7, 11) is 0. The molecule has 3 heteroatoms. The Hall–Kier alpha value is -2.94. The monoisotopic (exact) mass is 318 g/mol. The third-order valence-corrected chi connectivity index (χ3v) is 4.71. The Labute approximate surface area is 140 Å². The molecule has 0 unspecified atom stereocenters. The van der Waals surface area contributed by atoms with Crippen LogP contribution in [0.3, 0.4) is 0 Å². The van der Waals surface area contributed by atoms with E-state index in [0.29, 0.717) is 19.3 Å². The summed E-state index contributed by atoms with van der Waals surface area (Å²) in [6, 6.07) is 16.4. The second kappa shape index (κ2) is 5.60. The molecule has 0 aliphatic heterocycles. The fourth-order valence-corrected chi connectivity index (χ4v) is 3.46. The highest BCUT2D eigenvalue weighted by atomic mass is 16.3. The van der Waals surface area contributed by atoms with Crippen molar-refractivity contribution in [2.24, 2.45) is 0 Å². The summed E-state index contributed by atoms with van der Waals surface area (Å²) in [6.07, 6.45) is 2.12. The first-order valence-corrected chi connectivity index (χ1v) is 8.01. The normalized spacial score (nSPS) is 13.0. The Morgan fingerprint density at radius 1 is 0.417 bits per heavy atom. The summed E-state index contributed by atoms with van der Waals surface area (Å²) < 4.78 is 0. The second-order valence-electron chi connectivity index (χ2n) is 6.39. The maximum Gasteiger partial charge on any atom is 0.115 e. The van der Waals surface area contributed by atoms with Crippen molar-refractivity contribution < 1.29 is 15.3 Å². The highest BCUT2D eigenvalue weighted by Crippen LogP contribution is 2.31. The van der Waals surface area contributed by atoms with Crippen LogP contribution in [0.4, 0.5) is 0 Å². The van der Waals surface area contributed by atoms with Crippen molar-refractivity contribution in [2.45, 2.75) is 19.3 Å². The van der Waals surface area contributed by atoms with Gasteiger partial charge in [0, 0.05) is 0 Å². The minimum absolute atomic E-state index is 0.254. The van der Waals surface area contributed by atoms with Gasteiger partial charge in [-0.2, -0.15) is 0 Å². The van der Waals surface area contributed by atoms with E-state index in [1.165, 1.54) is 0 Å². The first-order chi connectivity index (χ1) is 11.6. The highest BCUT2D eigenvalue weighted by molar-refractivity contribution is 5.49. The van der Waals surface area contributed by atoms with Gasteiger partial charge in [-0.05, 0) is 89.0 Å². The van der Waals surface area contributed by atoms with Crippen LogP contribution in [-0.4, -0.2) is 15.3 Å². The van der Waals surface area contributed by atoms with Crippen molar-refractivity contribution in [1.29, 1.82) is 0 Å². The molecule has 0 saturated heterocycles. The fraction of sp³-hybridized carbons (Fsp3) is 0.143. The number of rotatable bonds is 0. The van der Waals surface area contributed by atoms with Crippen molar-refractivity contribution in [2.75, 3.05) is 0 Å². The highest BCUT2D eigenvalue weighted by Gasteiger charge is 2.16. The lowest BCUT2D eigenvalue weighted by atomic mass is 9.95. The van der Waals surface area contributed by atoms with E-state index in [1.54, 1.807) is 36.4 Å². The summed E-state index contributed by atoms with van der Waals surface area (Å²) in [5.41, 5.74) is 6.62. The number of phenolic OH excluding ortho intramolecular Hbond substituents is 3. The van der Waals surface area contributed by atoms with Crippen molar-refractivity contribution >= 4 is 0 Å². The van der Waals surface area contributed by atoms with E-state index in [1.807, 2.05) is 18.2 Å². The average molecular weight is 318 g/mol. The van der Waals surface area contributed by atoms with Crippen LogP contribution in [0, 0.1) is 0 Å². The zero-order valence-corrected chi connectivity index (χ0v) is 13.2. The number of fused-ring (bicyclic) bond motifs is 3. The molecule has 0 heterocycles. The Morgan fingerprint density at radius 3 is 1.00 bits per heavy atom. The van der Waals surface area contributed by atoms with Crippen LogP contribution in [0.2, 0.25) is 0 Å². The SMILES string of the molecule is Oc1ccc2c(c1)Cc1ccc(O)cc1Cc1ccc(O)cc1C2. The first-order valence-electron chi connectivity index (χ1n) is 8.01. The van der Waals surface area contributed by atoms with Crippen molar-refractivity contribution in [3.8, 4) is 17.2 Å². The smallest absolute Gasteiger partial charge is 0.115 e. The molecule has 4 rings (SSSR count). The third kappa shape index (κ3) is 2.69. The van der Waals surface area contributed by atoms with Gasteiger partial charge >= 0.3 is 0 Å². The molecule has 1 aliphatic carbocycles. The molecule has 0 fully saturated rings. The second-order valence-corrected chi connectivity index (χ2v) is 6.39. The summed E-state index contributed by atoms with van der Waals surface area (Å²) >= 11 is 0. The minimum Gasteiger partial charge on any atom is -0.508 e. The summed E-state index contributed by atoms with van der Waals surface area (Å²) in [4.78, 5) is 0. The quantitative estimate of drug-likeness (QED) is 0.461. The predicted molar refractivity (Wildman–Crippen MR) is 92.7 cm³/mol. The van der Waals surface area contributed by atoms with Gasteiger partial charge in [0.15, 0.2) is 0 Å². The zero-order chi connectivity index (χ0) is 16.7. The fourth-order valence-electron chi connectivity index (χ4n) is 3.46. The van der Waals surface area contributed by atoms with E-state index in [0.717, 1.165) is 33.4 Å². The van der Waals surface area contributed by atoms with Crippen molar-refractivity contribution in [3.63, 3.8) is 0 Å². The zero-order valence-electron chi connectivity index (χ0n) is 13.2. The van der Waals surface area contributed by atoms with E-state index in [-0.39, 0.29) is 17.2 Å². The number of hydrogen-bond donors (Lipinski definition) is 3. The predicted octanol–water partition coefficient (Wildman–Crippen LogP) is 3.89. The van der Waals surface area contributed by atoms with Gasteiger partial charge in [0.25, 0.3) is 0 Å². The van der Waals surface area contributed by atoms with Crippen LogP contribution in [0.5, 0.6) is 17.2 Å². The van der Waals surface area contributed by atoms with E-state index in [9.17, 15) is 15.3 Å². The van der Waals surface area contributed by atoms with Crippen molar-refractivity contribution in [3.05, 3.63) is 88.0 Å². The Kier molecular flexibility index (Phi) is 3.42. The van der Waals surface area contributed by atoms with Gasteiger partial charge in [-0.25, -0.2) is 0 Å². The molecule has 0 aromatic heterocycles. The number of benzene rings is 3. The molecule has 24 heavy (non-hydrogen) atoms. The standard InChI is InChI=1S/C21H18O3/c22-19-4-1-13-7-17-11-20(23)6-3-15(17)9-18-12-21(24)5-2-14(18)8-16(13)10-19/h1-6,10-12,22-24H,7-9H2. The van der Waals surface area contributed by atoms with Gasteiger partial charge in [-0.15, -0.1) is 0 Å². The molecule has 3 nitrogen and oxygen atoms in total. The molecule has 3 aromatic rings. The van der Waals surface area contributed by atoms with Crippen LogP contribution in [0.15, 0.2) is 54.6 Å². The van der Waals surface area contributed by atoms with Crippen LogP contribution in [0.1, 0.15) is 33.4 Å². The van der Waals surface area contributed by atoms with Crippen LogP contribution >= 0.6 is 0 Å². The Morgan fingerprint density at radius 2 is 0.708 bits per heavy atom. The minimum atomic E-state index is 0.254. The van der Waals surface area contributed by atoms with Gasteiger partial charge < -0.3 is 15.3 Å². The topological polar surface area (TPSA) is 60.7 Å².